The molecule has 114 valence electrons. The first-order valence-corrected chi connectivity index (χ1v) is 6.92. The van der Waals surface area contributed by atoms with E-state index in [1.807, 2.05) is 0 Å². The average molecular weight is 295 g/mol. The van der Waals surface area contributed by atoms with Gasteiger partial charge in [-0.2, -0.15) is 0 Å². The van der Waals surface area contributed by atoms with Crippen molar-refractivity contribution in [2.24, 2.45) is 0 Å². The number of carboxylic acid groups (broad SMARTS) is 1. The lowest BCUT2D eigenvalue weighted by molar-refractivity contribution is -0.255. The summed E-state index contributed by atoms with van der Waals surface area (Å²) in [6.45, 7) is 0.933. The molecule has 1 aromatic rings. The second-order valence-electron chi connectivity index (χ2n) is 5.13. The van der Waals surface area contributed by atoms with Crippen molar-refractivity contribution in [1.29, 1.82) is 0 Å². The van der Waals surface area contributed by atoms with Crippen molar-refractivity contribution in [1.82, 2.24) is 9.13 Å². The molecule has 0 radical (unpaired) electrons. The predicted molar refractivity (Wildman–Crippen MR) is 67.7 cm³/mol. The Hall–Kier alpha value is -1.93. The molecule has 8 heteroatoms. The number of hydrogen-bond acceptors (Lipinski definition) is 6. The molecule has 0 aromatic carbocycles. The minimum atomic E-state index is -1.61. The monoisotopic (exact) mass is 295 g/mol. The van der Waals surface area contributed by atoms with Crippen molar-refractivity contribution in [3.63, 3.8) is 0 Å². The van der Waals surface area contributed by atoms with Crippen LogP contribution in [0.15, 0.2) is 15.8 Å². The number of ether oxygens (including phenoxy) is 2. The second-order valence-corrected chi connectivity index (χ2v) is 5.13. The predicted octanol–water partition coefficient (Wildman–Crippen LogP) is -1.01. The van der Waals surface area contributed by atoms with Gasteiger partial charge >= 0.3 is 5.69 Å². The van der Waals surface area contributed by atoms with Crippen molar-refractivity contribution in [3.05, 3.63) is 32.6 Å². The Labute approximate surface area is 119 Å². The summed E-state index contributed by atoms with van der Waals surface area (Å²) in [5.41, 5.74) is -2.05. The molecule has 2 atom stereocenters. The van der Waals surface area contributed by atoms with Gasteiger partial charge in [0.25, 0.3) is 5.56 Å². The molecule has 0 aliphatic carbocycles. The smallest absolute Gasteiger partial charge is 0.335 e. The van der Waals surface area contributed by atoms with E-state index >= 15 is 0 Å². The lowest BCUT2D eigenvalue weighted by atomic mass is 10.3. The standard InChI is InChI=1S/C13H16N2O6/c16-11-8(12(17)18)7-14(9-3-1-5-20-9)13(19)15(11)10-4-2-6-21-10/h7,9-10H,1-6H2,(H,17,18)/p-1. The van der Waals surface area contributed by atoms with Gasteiger partial charge in [-0.25, -0.2) is 9.36 Å². The number of carboxylic acids is 1. The van der Waals surface area contributed by atoms with Crippen LogP contribution < -0.4 is 16.4 Å². The highest BCUT2D eigenvalue weighted by Crippen LogP contribution is 2.23. The molecule has 0 N–H and O–H groups in total. The summed E-state index contributed by atoms with van der Waals surface area (Å²) in [6.07, 6.45) is 2.32. The van der Waals surface area contributed by atoms with Gasteiger partial charge in [-0.05, 0) is 25.7 Å². The Morgan fingerprint density at radius 2 is 1.76 bits per heavy atom. The molecule has 0 saturated carbocycles. The molecule has 2 aliphatic rings. The van der Waals surface area contributed by atoms with Crippen LogP contribution in [-0.4, -0.2) is 28.3 Å². The molecule has 1 aromatic heterocycles. The summed E-state index contributed by atoms with van der Waals surface area (Å²) in [5, 5.41) is 11.1. The number of aromatic carboxylic acids is 1. The quantitative estimate of drug-likeness (QED) is 0.708. The van der Waals surface area contributed by atoms with E-state index in [0.29, 0.717) is 32.5 Å². The van der Waals surface area contributed by atoms with Crippen LogP contribution in [0.2, 0.25) is 0 Å². The average Bonchev–Trinajstić information content (AvgIpc) is 3.11. The SMILES string of the molecule is O=C([O-])c1cn(C2CCCO2)c(=O)n(C2CCCO2)c1=O. The Morgan fingerprint density at radius 3 is 2.29 bits per heavy atom. The molecule has 3 heterocycles. The van der Waals surface area contributed by atoms with Crippen LogP contribution in [0.5, 0.6) is 0 Å². The number of hydrogen-bond donors (Lipinski definition) is 0. The van der Waals surface area contributed by atoms with Gasteiger partial charge in [0.15, 0.2) is 0 Å². The van der Waals surface area contributed by atoms with Gasteiger partial charge in [0.1, 0.15) is 12.5 Å². The topological polar surface area (TPSA) is 103 Å². The molecule has 0 bridgehead atoms. The van der Waals surface area contributed by atoms with E-state index in [2.05, 4.69) is 0 Å². The van der Waals surface area contributed by atoms with E-state index in [9.17, 15) is 19.5 Å². The van der Waals surface area contributed by atoms with Gasteiger partial charge in [0.05, 0.1) is 11.5 Å². The van der Waals surface area contributed by atoms with E-state index in [1.54, 1.807) is 0 Å². The van der Waals surface area contributed by atoms with Crippen LogP contribution in [0.25, 0.3) is 0 Å². The lowest BCUT2D eigenvalue weighted by Crippen LogP contribution is -2.47. The summed E-state index contributed by atoms with van der Waals surface area (Å²) in [7, 11) is 0. The van der Waals surface area contributed by atoms with Crippen molar-refractivity contribution in [3.8, 4) is 0 Å². The maximum absolute atomic E-state index is 12.5. The molecule has 2 unspecified atom stereocenters. The van der Waals surface area contributed by atoms with Crippen LogP contribution in [0.3, 0.4) is 0 Å². The van der Waals surface area contributed by atoms with Crippen molar-refractivity contribution in [2.75, 3.05) is 13.2 Å². The molecule has 8 nitrogen and oxygen atoms in total. The van der Waals surface area contributed by atoms with E-state index in [4.69, 9.17) is 9.47 Å². The third-order valence-electron chi connectivity index (χ3n) is 3.77. The summed E-state index contributed by atoms with van der Waals surface area (Å²) in [5.74, 6) is -1.61. The Balaban J connectivity index is 2.18. The zero-order valence-electron chi connectivity index (χ0n) is 11.3. The first kappa shape index (κ1) is 14.0. The van der Waals surface area contributed by atoms with E-state index in [-0.39, 0.29) is 0 Å². The number of aromatic nitrogens is 2. The van der Waals surface area contributed by atoms with Crippen molar-refractivity contribution in [2.45, 2.75) is 38.1 Å². The number of rotatable bonds is 3. The van der Waals surface area contributed by atoms with Crippen LogP contribution in [0.1, 0.15) is 48.5 Å². The fourth-order valence-electron chi connectivity index (χ4n) is 2.74. The lowest BCUT2D eigenvalue weighted by Gasteiger charge is -2.20. The minimum Gasteiger partial charge on any atom is -0.545 e. The van der Waals surface area contributed by atoms with Gasteiger partial charge in [-0.1, -0.05) is 0 Å². The molecular formula is C13H15N2O6-. The third-order valence-corrected chi connectivity index (χ3v) is 3.77. The Bertz CT molecular complexity index is 664. The number of carbonyl (C=O) groups is 1. The highest BCUT2D eigenvalue weighted by Gasteiger charge is 2.27. The Morgan fingerprint density at radius 1 is 1.14 bits per heavy atom. The maximum atomic E-state index is 12.5. The molecular weight excluding hydrogens is 280 g/mol. The third kappa shape index (κ3) is 2.40. The van der Waals surface area contributed by atoms with Crippen molar-refractivity contribution < 1.29 is 19.4 Å². The molecule has 2 aliphatic heterocycles. The molecule has 2 fully saturated rings. The van der Waals surface area contributed by atoms with E-state index < -0.39 is 35.2 Å². The Kier molecular flexibility index (Phi) is 3.64. The maximum Gasteiger partial charge on any atom is 0.335 e. The first-order chi connectivity index (χ1) is 10.1. The van der Waals surface area contributed by atoms with E-state index in [0.717, 1.165) is 21.8 Å². The molecule has 3 rings (SSSR count). The zero-order chi connectivity index (χ0) is 15.0. The fourth-order valence-corrected chi connectivity index (χ4v) is 2.74. The van der Waals surface area contributed by atoms with E-state index in [1.165, 1.54) is 0 Å². The highest BCUT2D eigenvalue weighted by molar-refractivity contribution is 5.84. The van der Waals surface area contributed by atoms with Gasteiger partial charge in [0, 0.05) is 19.4 Å². The number of carbonyl (C=O) groups excluding carboxylic acids is 1. The largest absolute Gasteiger partial charge is 0.545 e. The van der Waals surface area contributed by atoms with Crippen LogP contribution in [0, 0.1) is 0 Å². The highest BCUT2D eigenvalue weighted by atomic mass is 16.5. The van der Waals surface area contributed by atoms with Crippen molar-refractivity contribution >= 4 is 5.97 Å². The summed E-state index contributed by atoms with van der Waals surface area (Å²) < 4.78 is 12.8. The normalized spacial score (nSPS) is 25.3. The molecule has 0 spiro atoms. The van der Waals surface area contributed by atoms with Gasteiger partial charge in [-0.3, -0.25) is 9.36 Å². The molecule has 2 saturated heterocycles. The second kappa shape index (κ2) is 5.45. The fraction of sp³-hybridized carbons (Fsp3) is 0.615. The first-order valence-electron chi connectivity index (χ1n) is 6.92. The summed E-state index contributed by atoms with van der Waals surface area (Å²) in [4.78, 5) is 35.8. The minimum absolute atomic E-state index is 0.437. The zero-order valence-corrected chi connectivity index (χ0v) is 11.3. The summed E-state index contributed by atoms with van der Waals surface area (Å²) >= 11 is 0. The number of nitrogens with zero attached hydrogens (tertiary/aromatic N) is 2. The molecule has 21 heavy (non-hydrogen) atoms. The van der Waals surface area contributed by atoms with Gasteiger partial charge < -0.3 is 19.4 Å². The van der Waals surface area contributed by atoms with Crippen LogP contribution in [-0.2, 0) is 9.47 Å². The summed E-state index contributed by atoms with van der Waals surface area (Å²) in [6, 6.07) is 0. The molecule has 0 amide bonds. The van der Waals surface area contributed by atoms with Gasteiger partial charge in [0.2, 0.25) is 0 Å². The van der Waals surface area contributed by atoms with Crippen LogP contribution >= 0.6 is 0 Å². The van der Waals surface area contributed by atoms with Crippen LogP contribution in [0.4, 0.5) is 0 Å². The van der Waals surface area contributed by atoms with Gasteiger partial charge in [-0.15, -0.1) is 0 Å².